The third-order valence-corrected chi connectivity index (χ3v) is 2.70. The molecule has 1 fully saturated rings. The van der Waals surface area contributed by atoms with E-state index in [4.69, 9.17) is 0 Å². The second-order valence-electron chi connectivity index (χ2n) is 4.08. The minimum absolute atomic E-state index is 0. The number of hydrogen-bond donors (Lipinski definition) is 2. The van der Waals surface area contributed by atoms with Crippen LogP contribution in [0, 0.1) is 5.82 Å². The first-order chi connectivity index (χ1) is 8.24. The summed E-state index contributed by atoms with van der Waals surface area (Å²) < 4.78 is 12.7. The van der Waals surface area contributed by atoms with Gasteiger partial charge < -0.3 is 10.6 Å². The lowest BCUT2D eigenvalue weighted by atomic mass is 10.3. The van der Waals surface area contributed by atoms with Gasteiger partial charge in [0.25, 0.3) is 0 Å². The molecule has 0 unspecified atom stereocenters. The standard InChI is InChI=1S/C12H16FN3O.ClH/c13-10-1-3-11(4-2-10)15-12(17)9-16-7-5-14-6-8-16;/h1-4,14H,5-9H2,(H,15,17);1H. The largest absolute Gasteiger partial charge is 0.325 e. The Morgan fingerprint density at radius 3 is 2.50 bits per heavy atom. The fraction of sp³-hybridized carbons (Fsp3) is 0.417. The van der Waals surface area contributed by atoms with Gasteiger partial charge in [0.2, 0.25) is 5.91 Å². The van der Waals surface area contributed by atoms with Gasteiger partial charge in [0, 0.05) is 31.9 Å². The zero-order valence-electron chi connectivity index (χ0n) is 9.99. The Balaban J connectivity index is 0.00000162. The van der Waals surface area contributed by atoms with E-state index in [-0.39, 0.29) is 24.1 Å². The number of rotatable bonds is 3. The Bertz CT molecular complexity index is 379. The van der Waals surface area contributed by atoms with Gasteiger partial charge in [-0.15, -0.1) is 12.4 Å². The van der Waals surface area contributed by atoms with Gasteiger partial charge in [-0.1, -0.05) is 0 Å². The van der Waals surface area contributed by atoms with Crippen molar-refractivity contribution < 1.29 is 9.18 Å². The summed E-state index contributed by atoms with van der Waals surface area (Å²) in [6, 6.07) is 5.79. The number of nitrogens with zero attached hydrogens (tertiary/aromatic N) is 1. The Morgan fingerprint density at radius 1 is 1.28 bits per heavy atom. The van der Waals surface area contributed by atoms with E-state index in [9.17, 15) is 9.18 Å². The molecule has 2 N–H and O–H groups in total. The molecular weight excluding hydrogens is 257 g/mol. The molecule has 1 aromatic rings. The molecule has 0 aliphatic carbocycles. The number of benzene rings is 1. The quantitative estimate of drug-likeness (QED) is 0.867. The summed E-state index contributed by atoms with van der Waals surface area (Å²) in [6.45, 7) is 4.00. The van der Waals surface area contributed by atoms with Crippen molar-refractivity contribution in [3.8, 4) is 0 Å². The minimum Gasteiger partial charge on any atom is -0.325 e. The van der Waals surface area contributed by atoms with Crippen molar-refractivity contribution >= 4 is 24.0 Å². The maximum atomic E-state index is 12.7. The summed E-state index contributed by atoms with van der Waals surface area (Å²) >= 11 is 0. The smallest absolute Gasteiger partial charge is 0.238 e. The van der Waals surface area contributed by atoms with Gasteiger partial charge in [0.1, 0.15) is 5.82 Å². The fourth-order valence-electron chi connectivity index (χ4n) is 1.81. The third kappa shape index (κ3) is 4.60. The van der Waals surface area contributed by atoms with Gasteiger partial charge in [0.15, 0.2) is 0 Å². The first kappa shape index (κ1) is 14.9. The Hall–Kier alpha value is -1.17. The Morgan fingerprint density at radius 2 is 1.89 bits per heavy atom. The molecule has 0 atom stereocenters. The number of piperazine rings is 1. The highest BCUT2D eigenvalue weighted by Gasteiger charge is 2.13. The van der Waals surface area contributed by atoms with Crippen LogP contribution in [0.4, 0.5) is 10.1 Å². The van der Waals surface area contributed by atoms with Crippen LogP contribution in [0.15, 0.2) is 24.3 Å². The molecule has 0 saturated carbocycles. The van der Waals surface area contributed by atoms with E-state index < -0.39 is 0 Å². The molecule has 1 aliphatic rings. The fourth-order valence-corrected chi connectivity index (χ4v) is 1.81. The molecule has 1 saturated heterocycles. The number of carbonyl (C=O) groups excluding carboxylic acids is 1. The van der Waals surface area contributed by atoms with Gasteiger partial charge in [-0.05, 0) is 24.3 Å². The summed E-state index contributed by atoms with van der Waals surface area (Å²) in [4.78, 5) is 13.8. The highest BCUT2D eigenvalue weighted by molar-refractivity contribution is 5.92. The van der Waals surface area contributed by atoms with Gasteiger partial charge in [-0.3, -0.25) is 9.69 Å². The molecule has 4 nitrogen and oxygen atoms in total. The van der Waals surface area contributed by atoms with Crippen LogP contribution >= 0.6 is 12.4 Å². The normalized spacial score (nSPS) is 15.8. The van der Waals surface area contributed by atoms with Crippen LogP contribution in [0.1, 0.15) is 0 Å². The number of carbonyl (C=O) groups is 1. The lowest BCUT2D eigenvalue weighted by molar-refractivity contribution is -0.117. The average Bonchev–Trinajstić information content (AvgIpc) is 2.33. The van der Waals surface area contributed by atoms with Crippen molar-refractivity contribution in [3.05, 3.63) is 30.1 Å². The molecule has 1 heterocycles. The zero-order chi connectivity index (χ0) is 12.1. The average molecular weight is 274 g/mol. The molecule has 0 radical (unpaired) electrons. The van der Waals surface area contributed by atoms with Gasteiger partial charge >= 0.3 is 0 Å². The Kier molecular flexibility index (Phi) is 6.04. The number of nitrogens with one attached hydrogen (secondary N) is 2. The van der Waals surface area contributed by atoms with Gasteiger partial charge in [-0.25, -0.2) is 4.39 Å². The number of anilines is 1. The topological polar surface area (TPSA) is 44.4 Å². The molecule has 0 aromatic heterocycles. The summed E-state index contributed by atoms with van der Waals surface area (Å²) in [7, 11) is 0. The van der Waals surface area contributed by atoms with E-state index in [2.05, 4.69) is 15.5 Å². The molecular formula is C12H17ClFN3O. The lowest BCUT2D eigenvalue weighted by Crippen LogP contribution is -2.46. The predicted octanol–water partition coefficient (Wildman–Crippen LogP) is 1.09. The van der Waals surface area contributed by atoms with Crippen LogP contribution < -0.4 is 10.6 Å². The second-order valence-corrected chi connectivity index (χ2v) is 4.08. The maximum Gasteiger partial charge on any atom is 0.238 e. The van der Waals surface area contributed by atoms with Crippen molar-refractivity contribution in [2.75, 3.05) is 38.0 Å². The first-order valence-electron chi connectivity index (χ1n) is 5.72. The van der Waals surface area contributed by atoms with Gasteiger partial charge in [0.05, 0.1) is 6.54 Å². The zero-order valence-corrected chi connectivity index (χ0v) is 10.8. The third-order valence-electron chi connectivity index (χ3n) is 2.70. The molecule has 0 bridgehead atoms. The highest BCUT2D eigenvalue weighted by Crippen LogP contribution is 2.08. The van der Waals surface area contributed by atoms with Crippen LogP contribution in [0.3, 0.4) is 0 Å². The van der Waals surface area contributed by atoms with E-state index in [1.54, 1.807) is 12.1 Å². The predicted molar refractivity (Wildman–Crippen MR) is 71.6 cm³/mol. The molecule has 1 aromatic carbocycles. The van der Waals surface area contributed by atoms with Gasteiger partial charge in [-0.2, -0.15) is 0 Å². The van der Waals surface area contributed by atoms with E-state index >= 15 is 0 Å². The van der Waals surface area contributed by atoms with E-state index in [0.29, 0.717) is 12.2 Å². The summed E-state index contributed by atoms with van der Waals surface area (Å²) in [5.74, 6) is -0.358. The van der Waals surface area contributed by atoms with Crippen molar-refractivity contribution in [2.45, 2.75) is 0 Å². The summed E-state index contributed by atoms with van der Waals surface area (Å²) in [6.07, 6.45) is 0. The number of halogens is 2. The molecule has 18 heavy (non-hydrogen) atoms. The molecule has 6 heteroatoms. The summed E-state index contributed by atoms with van der Waals surface area (Å²) in [5.41, 5.74) is 0.631. The van der Waals surface area contributed by atoms with Crippen LogP contribution in [0.2, 0.25) is 0 Å². The van der Waals surface area contributed by atoms with Crippen LogP contribution in [0.5, 0.6) is 0 Å². The minimum atomic E-state index is -0.301. The SMILES string of the molecule is Cl.O=C(CN1CCNCC1)Nc1ccc(F)cc1. The number of hydrogen-bond acceptors (Lipinski definition) is 3. The highest BCUT2D eigenvalue weighted by atomic mass is 35.5. The van der Waals surface area contributed by atoms with E-state index in [1.807, 2.05) is 0 Å². The van der Waals surface area contributed by atoms with E-state index in [1.165, 1.54) is 12.1 Å². The van der Waals surface area contributed by atoms with E-state index in [0.717, 1.165) is 26.2 Å². The van der Waals surface area contributed by atoms with Crippen LogP contribution in [0.25, 0.3) is 0 Å². The monoisotopic (exact) mass is 273 g/mol. The van der Waals surface area contributed by atoms with Crippen molar-refractivity contribution in [1.82, 2.24) is 10.2 Å². The van der Waals surface area contributed by atoms with Crippen molar-refractivity contribution in [3.63, 3.8) is 0 Å². The molecule has 2 rings (SSSR count). The first-order valence-corrected chi connectivity index (χ1v) is 5.72. The number of amides is 1. The van der Waals surface area contributed by atoms with Crippen molar-refractivity contribution in [2.24, 2.45) is 0 Å². The van der Waals surface area contributed by atoms with Crippen LogP contribution in [-0.4, -0.2) is 43.5 Å². The maximum absolute atomic E-state index is 12.7. The molecule has 1 amide bonds. The lowest BCUT2D eigenvalue weighted by Gasteiger charge is -2.26. The molecule has 0 spiro atoms. The molecule has 1 aliphatic heterocycles. The van der Waals surface area contributed by atoms with Crippen LogP contribution in [-0.2, 0) is 4.79 Å². The Labute approximate surface area is 112 Å². The second kappa shape index (κ2) is 7.31. The summed E-state index contributed by atoms with van der Waals surface area (Å²) in [5, 5.41) is 5.98. The molecule has 100 valence electrons. The van der Waals surface area contributed by atoms with Crippen molar-refractivity contribution in [1.29, 1.82) is 0 Å².